The van der Waals surface area contributed by atoms with Gasteiger partial charge >= 0.3 is 0 Å². The van der Waals surface area contributed by atoms with Gasteiger partial charge in [0.05, 0.1) is 16.4 Å². The number of aromatic nitrogens is 1. The molecule has 1 heterocycles. The molecule has 0 N–H and O–H groups in total. The van der Waals surface area contributed by atoms with E-state index in [1.807, 2.05) is 6.07 Å². The molecular formula is C7H5BN2OS. The van der Waals surface area contributed by atoms with Gasteiger partial charge in [0.15, 0.2) is 0 Å². The average molecular weight is 176 g/mol. The molecule has 1 aromatic rings. The first-order valence-corrected chi connectivity index (χ1v) is 4.70. The molecule has 0 aliphatic carbocycles. The van der Waals surface area contributed by atoms with Crippen LogP contribution in [0.1, 0.15) is 5.56 Å². The molecule has 5 heteroatoms. The number of nitrogens with zero attached hydrogens (tertiary/aromatic N) is 2. The molecule has 12 heavy (non-hydrogen) atoms. The Morgan fingerprint density at radius 3 is 2.92 bits per heavy atom. The van der Waals surface area contributed by atoms with Crippen LogP contribution in [0.5, 0.6) is 0 Å². The number of hydrogen-bond acceptors (Lipinski definition) is 3. The molecule has 2 radical (unpaired) electrons. The molecular weight excluding hydrogens is 171 g/mol. The van der Waals surface area contributed by atoms with Crippen LogP contribution in [0.4, 0.5) is 0 Å². The van der Waals surface area contributed by atoms with E-state index < -0.39 is 10.8 Å². The van der Waals surface area contributed by atoms with E-state index in [9.17, 15) is 4.21 Å². The highest BCUT2D eigenvalue weighted by Crippen LogP contribution is 2.05. The van der Waals surface area contributed by atoms with Gasteiger partial charge in [0.25, 0.3) is 0 Å². The Hall–Kier alpha value is -1.15. The first kappa shape index (κ1) is 8.95. The number of hydrogen-bond donors (Lipinski definition) is 0. The minimum absolute atomic E-state index is 0.274. The fourth-order valence-corrected chi connectivity index (χ4v) is 1.39. The summed E-state index contributed by atoms with van der Waals surface area (Å²) < 4.78 is 11.0. The maximum absolute atomic E-state index is 11.0. The Morgan fingerprint density at radius 1 is 1.75 bits per heavy atom. The van der Waals surface area contributed by atoms with Gasteiger partial charge < -0.3 is 0 Å². The summed E-state index contributed by atoms with van der Waals surface area (Å²) >= 11 is 0. The van der Waals surface area contributed by atoms with E-state index in [-0.39, 0.29) is 10.6 Å². The third-order valence-corrected chi connectivity index (χ3v) is 2.13. The molecule has 1 unspecified atom stereocenters. The molecule has 0 aliphatic rings. The third kappa shape index (κ3) is 1.71. The second kappa shape index (κ2) is 3.50. The molecule has 58 valence electrons. The third-order valence-electron chi connectivity index (χ3n) is 1.27. The molecule has 0 aliphatic heterocycles. The van der Waals surface area contributed by atoms with Crippen molar-refractivity contribution >= 4 is 24.1 Å². The van der Waals surface area contributed by atoms with Crippen molar-refractivity contribution in [3.8, 4) is 6.07 Å². The van der Waals surface area contributed by atoms with Gasteiger partial charge in [-0.15, -0.1) is 0 Å². The fourth-order valence-electron chi connectivity index (χ4n) is 0.778. The summed E-state index contributed by atoms with van der Waals surface area (Å²) in [5, 5.41) is 8.90. The predicted molar refractivity (Wildman–Crippen MR) is 46.7 cm³/mol. The van der Waals surface area contributed by atoms with E-state index in [0.717, 1.165) is 0 Å². The fraction of sp³-hybridized carbons (Fsp3) is 0.143. The lowest BCUT2D eigenvalue weighted by atomic mass is 9.98. The molecule has 0 bridgehead atoms. The first-order valence-electron chi connectivity index (χ1n) is 3.14. The Morgan fingerprint density at radius 2 is 2.42 bits per heavy atom. The number of pyridine rings is 1. The van der Waals surface area contributed by atoms with Crippen LogP contribution in [-0.4, -0.2) is 23.3 Å². The van der Waals surface area contributed by atoms with Gasteiger partial charge in [0.2, 0.25) is 0 Å². The van der Waals surface area contributed by atoms with Crippen molar-refractivity contribution in [3.63, 3.8) is 0 Å². The van der Waals surface area contributed by atoms with Gasteiger partial charge in [-0.1, -0.05) is 5.46 Å². The second-order valence-corrected chi connectivity index (χ2v) is 3.48. The lowest BCUT2D eigenvalue weighted by Crippen LogP contribution is -2.08. The normalized spacial score (nSPS) is 12.0. The zero-order valence-electron chi connectivity index (χ0n) is 6.44. The summed E-state index contributed by atoms with van der Waals surface area (Å²) in [5.74, 6) is 0. The summed E-state index contributed by atoms with van der Waals surface area (Å²) in [6.07, 6.45) is 2.86. The molecule has 1 atom stereocenters. The standard InChI is InChI=1S/C7H5BN2OS/c1-12(11)7-5(3-9)2-6(8)4-10-7/h2,4H,1H3. The number of rotatable bonds is 1. The number of nitriles is 1. The zero-order valence-corrected chi connectivity index (χ0v) is 7.26. The van der Waals surface area contributed by atoms with Crippen molar-refractivity contribution in [2.75, 3.05) is 6.26 Å². The molecule has 1 aromatic heterocycles. The topological polar surface area (TPSA) is 53.8 Å². The maximum atomic E-state index is 11.0. The summed E-state index contributed by atoms with van der Waals surface area (Å²) in [4.78, 5) is 3.80. The quantitative estimate of drug-likeness (QED) is 0.541. The van der Waals surface area contributed by atoms with Gasteiger partial charge in [-0.25, -0.2) is 4.98 Å². The van der Waals surface area contributed by atoms with Gasteiger partial charge in [-0.3, -0.25) is 4.21 Å². The van der Waals surface area contributed by atoms with Crippen LogP contribution in [0.15, 0.2) is 17.3 Å². The molecule has 0 fully saturated rings. The highest BCUT2D eigenvalue weighted by atomic mass is 32.2. The van der Waals surface area contributed by atoms with Crippen molar-refractivity contribution in [3.05, 3.63) is 17.8 Å². The highest BCUT2D eigenvalue weighted by Gasteiger charge is 2.06. The molecule has 0 spiro atoms. The molecule has 1 rings (SSSR count). The SMILES string of the molecule is [B]c1cnc(S(C)=O)c(C#N)c1. The summed E-state index contributed by atoms with van der Waals surface area (Å²) in [6, 6.07) is 3.34. The Kier molecular flexibility index (Phi) is 2.61. The van der Waals surface area contributed by atoms with Gasteiger partial charge in [0.1, 0.15) is 18.9 Å². The van der Waals surface area contributed by atoms with E-state index in [4.69, 9.17) is 13.1 Å². The molecule has 0 aromatic carbocycles. The molecule has 0 saturated carbocycles. The van der Waals surface area contributed by atoms with Crippen molar-refractivity contribution in [1.29, 1.82) is 5.26 Å². The van der Waals surface area contributed by atoms with Crippen LogP contribution in [0.2, 0.25) is 0 Å². The summed E-state index contributed by atoms with van der Waals surface area (Å²) in [7, 11) is 4.15. The van der Waals surface area contributed by atoms with E-state index >= 15 is 0 Å². The van der Waals surface area contributed by atoms with Crippen LogP contribution in [0.25, 0.3) is 0 Å². The minimum Gasteiger partial charge on any atom is -0.253 e. The van der Waals surface area contributed by atoms with Gasteiger partial charge in [-0.05, 0) is 6.07 Å². The summed E-state index contributed by atoms with van der Waals surface area (Å²) in [5.41, 5.74) is 0.677. The second-order valence-electron chi connectivity index (χ2n) is 2.19. The van der Waals surface area contributed by atoms with E-state index in [2.05, 4.69) is 4.98 Å². The van der Waals surface area contributed by atoms with Crippen molar-refractivity contribution in [2.45, 2.75) is 5.03 Å². The van der Waals surface area contributed by atoms with Crippen LogP contribution in [0.3, 0.4) is 0 Å². The Balaban J connectivity index is 3.32. The predicted octanol–water partition coefficient (Wildman–Crippen LogP) is -0.516. The van der Waals surface area contributed by atoms with E-state index in [0.29, 0.717) is 5.46 Å². The lowest BCUT2D eigenvalue weighted by Gasteiger charge is -1.98. The summed E-state index contributed by atoms with van der Waals surface area (Å²) in [6.45, 7) is 0. The minimum atomic E-state index is -1.24. The van der Waals surface area contributed by atoms with Crippen molar-refractivity contribution in [1.82, 2.24) is 4.98 Å². The zero-order chi connectivity index (χ0) is 9.14. The average Bonchev–Trinajstić information content (AvgIpc) is 2.03. The van der Waals surface area contributed by atoms with E-state index in [1.54, 1.807) is 0 Å². The van der Waals surface area contributed by atoms with Gasteiger partial charge in [0, 0.05) is 12.5 Å². The Labute approximate surface area is 74.3 Å². The van der Waals surface area contributed by atoms with E-state index in [1.165, 1.54) is 18.5 Å². The van der Waals surface area contributed by atoms with Crippen molar-refractivity contribution < 1.29 is 4.21 Å². The van der Waals surface area contributed by atoms with Crippen LogP contribution < -0.4 is 5.46 Å². The lowest BCUT2D eigenvalue weighted by molar-refractivity contribution is 0.684. The first-order chi connectivity index (χ1) is 5.65. The molecule has 0 amide bonds. The van der Waals surface area contributed by atoms with Crippen molar-refractivity contribution in [2.24, 2.45) is 0 Å². The smallest absolute Gasteiger partial charge is 0.144 e. The van der Waals surface area contributed by atoms with Crippen LogP contribution in [0, 0.1) is 11.3 Å². The largest absolute Gasteiger partial charge is 0.253 e. The maximum Gasteiger partial charge on any atom is 0.144 e. The Bertz CT molecular complexity index is 372. The van der Waals surface area contributed by atoms with Crippen LogP contribution >= 0.6 is 0 Å². The highest BCUT2D eigenvalue weighted by molar-refractivity contribution is 7.84. The molecule has 3 nitrogen and oxygen atoms in total. The van der Waals surface area contributed by atoms with Crippen LogP contribution in [-0.2, 0) is 10.8 Å². The van der Waals surface area contributed by atoms with Gasteiger partial charge in [-0.2, -0.15) is 5.26 Å². The molecule has 0 saturated heterocycles. The monoisotopic (exact) mass is 176 g/mol.